The Hall–Kier alpha value is -1.42. The molecule has 0 bridgehead atoms. The Morgan fingerprint density at radius 1 is 1.38 bits per heavy atom. The Balaban J connectivity index is 2.85. The zero-order chi connectivity index (χ0) is 12.3. The van der Waals surface area contributed by atoms with Crippen molar-refractivity contribution in [2.45, 2.75) is 33.0 Å². The highest BCUT2D eigenvalue weighted by atomic mass is 19.1. The summed E-state index contributed by atoms with van der Waals surface area (Å²) in [6.45, 7) is 6.09. The van der Waals surface area contributed by atoms with Crippen LogP contribution in [0.25, 0.3) is 0 Å². The van der Waals surface area contributed by atoms with E-state index in [9.17, 15) is 4.39 Å². The second-order valence-electron chi connectivity index (χ2n) is 4.66. The van der Waals surface area contributed by atoms with Crippen molar-refractivity contribution >= 4 is 5.84 Å². The average molecular weight is 224 g/mol. The second-order valence-corrected chi connectivity index (χ2v) is 4.66. The lowest BCUT2D eigenvalue weighted by Crippen LogP contribution is -2.19. The van der Waals surface area contributed by atoms with E-state index in [-0.39, 0.29) is 11.4 Å². The van der Waals surface area contributed by atoms with Gasteiger partial charge in [-0.1, -0.05) is 0 Å². The van der Waals surface area contributed by atoms with Crippen molar-refractivity contribution in [1.82, 2.24) is 0 Å². The molecular weight excluding hydrogens is 207 g/mol. The summed E-state index contributed by atoms with van der Waals surface area (Å²) in [7, 11) is 0. The minimum absolute atomic E-state index is 0.142. The molecule has 1 rings (SSSR count). The van der Waals surface area contributed by atoms with Crippen LogP contribution >= 0.6 is 0 Å². The predicted molar refractivity (Wildman–Crippen MR) is 62.0 cm³/mol. The van der Waals surface area contributed by atoms with E-state index in [1.54, 1.807) is 6.07 Å². The fourth-order valence-corrected chi connectivity index (χ4v) is 1.19. The zero-order valence-corrected chi connectivity index (χ0v) is 9.80. The number of halogens is 1. The lowest BCUT2D eigenvalue weighted by atomic mass is 10.1. The minimum atomic E-state index is -0.403. The van der Waals surface area contributed by atoms with Gasteiger partial charge in [0.05, 0.1) is 12.2 Å². The molecule has 0 amide bonds. The Morgan fingerprint density at radius 2 is 2.00 bits per heavy atom. The topological polar surface area (TPSA) is 59.1 Å². The largest absolute Gasteiger partial charge is 0.384 e. The van der Waals surface area contributed by atoms with Gasteiger partial charge in [0.1, 0.15) is 11.7 Å². The maximum absolute atomic E-state index is 13.2. The smallest absolute Gasteiger partial charge is 0.124 e. The van der Waals surface area contributed by atoms with Gasteiger partial charge in [0, 0.05) is 5.56 Å². The van der Waals surface area contributed by atoms with Crippen molar-refractivity contribution in [1.29, 1.82) is 5.41 Å². The molecule has 0 aliphatic heterocycles. The molecule has 0 heterocycles. The molecule has 88 valence electrons. The number of ether oxygens (including phenoxy) is 1. The molecule has 16 heavy (non-hydrogen) atoms. The number of benzene rings is 1. The molecular formula is C12H17FN2O. The van der Waals surface area contributed by atoms with Crippen molar-refractivity contribution in [2.75, 3.05) is 0 Å². The molecule has 1 aromatic carbocycles. The van der Waals surface area contributed by atoms with Crippen molar-refractivity contribution in [3.8, 4) is 0 Å². The first-order valence-electron chi connectivity index (χ1n) is 5.06. The molecule has 0 saturated carbocycles. The molecule has 4 heteroatoms. The van der Waals surface area contributed by atoms with Gasteiger partial charge in [0.25, 0.3) is 0 Å². The molecule has 0 aromatic heterocycles. The van der Waals surface area contributed by atoms with Crippen LogP contribution in [0.1, 0.15) is 31.9 Å². The van der Waals surface area contributed by atoms with Crippen LogP contribution in [0.4, 0.5) is 4.39 Å². The molecule has 1 aromatic rings. The van der Waals surface area contributed by atoms with E-state index in [2.05, 4.69) is 0 Å². The number of amidine groups is 1. The van der Waals surface area contributed by atoms with Gasteiger partial charge >= 0.3 is 0 Å². The van der Waals surface area contributed by atoms with Crippen molar-refractivity contribution in [3.05, 3.63) is 35.1 Å². The summed E-state index contributed by atoms with van der Waals surface area (Å²) in [5.74, 6) is -0.545. The van der Waals surface area contributed by atoms with Crippen LogP contribution in [-0.2, 0) is 11.3 Å². The molecule has 0 saturated heterocycles. The average Bonchev–Trinajstić information content (AvgIpc) is 2.13. The standard InChI is InChI=1S/C12H17FN2O/c1-12(2,3)16-7-8-4-9(11(14)15)6-10(13)5-8/h4-6H,7H2,1-3H3,(H3,14,15). The highest BCUT2D eigenvalue weighted by Crippen LogP contribution is 2.14. The molecule has 3 nitrogen and oxygen atoms in total. The Labute approximate surface area is 94.9 Å². The summed E-state index contributed by atoms with van der Waals surface area (Å²) in [5.41, 5.74) is 6.10. The Morgan fingerprint density at radius 3 is 2.50 bits per heavy atom. The summed E-state index contributed by atoms with van der Waals surface area (Å²) in [4.78, 5) is 0. The number of nitrogens with one attached hydrogen (secondary N) is 1. The van der Waals surface area contributed by atoms with Crippen LogP contribution in [0.3, 0.4) is 0 Å². The SMILES string of the molecule is CC(C)(C)OCc1cc(F)cc(C(=N)N)c1. The summed E-state index contributed by atoms with van der Waals surface area (Å²) in [6.07, 6.45) is 0. The van der Waals surface area contributed by atoms with Crippen molar-refractivity contribution < 1.29 is 9.13 Å². The molecule has 0 atom stereocenters. The van der Waals surface area contributed by atoms with E-state index in [1.165, 1.54) is 12.1 Å². The molecule has 3 N–H and O–H groups in total. The van der Waals surface area contributed by atoms with Crippen LogP contribution in [0.2, 0.25) is 0 Å². The van der Waals surface area contributed by atoms with Gasteiger partial charge in [-0.05, 0) is 44.5 Å². The number of hydrogen-bond donors (Lipinski definition) is 2. The van der Waals surface area contributed by atoms with Gasteiger partial charge in [-0.3, -0.25) is 5.41 Å². The lowest BCUT2D eigenvalue weighted by molar-refractivity contribution is -0.0150. The summed E-state index contributed by atoms with van der Waals surface area (Å²) < 4.78 is 18.7. The maximum Gasteiger partial charge on any atom is 0.124 e. The van der Waals surface area contributed by atoms with E-state index >= 15 is 0 Å². The highest BCUT2D eigenvalue weighted by Gasteiger charge is 2.11. The van der Waals surface area contributed by atoms with Crippen LogP contribution in [0.5, 0.6) is 0 Å². The summed E-state index contributed by atoms with van der Waals surface area (Å²) in [5, 5.41) is 7.25. The molecule has 0 spiro atoms. The first-order valence-corrected chi connectivity index (χ1v) is 5.06. The fraction of sp³-hybridized carbons (Fsp3) is 0.417. The third kappa shape index (κ3) is 3.98. The fourth-order valence-electron chi connectivity index (χ4n) is 1.19. The first kappa shape index (κ1) is 12.6. The van der Waals surface area contributed by atoms with Gasteiger partial charge in [-0.25, -0.2) is 4.39 Å². The molecule has 0 unspecified atom stereocenters. The number of hydrogen-bond acceptors (Lipinski definition) is 2. The molecule has 0 fully saturated rings. The maximum atomic E-state index is 13.2. The number of nitrogens with two attached hydrogens (primary N) is 1. The molecule has 0 aliphatic carbocycles. The number of nitrogen functional groups attached to an aromatic ring is 1. The van der Waals surface area contributed by atoms with E-state index in [0.717, 1.165) is 0 Å². The van der Waals surface area contributed by atoms with Gasteiger partial charge < -0.3 is 10.5 Å². The predicted octanol–water partition coefficient (Wildman–Crippen LogP) is 2.42. The van der Waals surface area contributed by atoms with Crippen LogP contribution < -0.4 is 5.73 Å². The quantitative estimate of drug-likeness (QED) is 0.612. The van der Waals surface area contributed by atoms with Crippen LogP contribution in [-0.4, -0.2) is 11.4 Å². The lowest BCUT2D eigenvalue weighted by Gasteiger charge is -2.19. The van der Waals surface area contributed by atoms with Crippen molar-refractivity contribution in [3.63, 3.8) is 0 Å². The zero-order valence-electron chi connectivity index (χ0n) is 9.80. The van der Waals surface area contributed by atoms with Gasteiger partial charge in [0.2, 0.25) is 0 Å². The van der Waals surface area contributed by atoms with Crippen LogP contribution in [0, 0.1) is 11.2 Å². The van der Waals surface area contributed by atoms with Gasteiger partial charge in [0.15, 0.2) is 0 Å². The Bertz CT molecular complexity index is 396. The van der Waals surface area contributed by atoms with Gasteiger partial charge in [-0.2, -0.15) is 0 Å². The van der Waals surface area contributed by atoms with Gasteiger partial charge in [-0.15, -0.1) is 0 Å². The monoisotopic (exact) mass is 224 g/mol. The highest BCUT2D eigenvalue weighted by molar-refractivity contribution is 5.95. The van der Waals surface area contributed by atoms with E-state index in [4.69, 9.17) is 15.9 Å². The summed E-state index contributed by atoms with van der Waals surface area (Å²) >= 11 is 0. The summed E-state index contributed by atoms with van der Waals surface area (Å²) in [6, 6.07) is 4.29. The van der Waals surface area contributed by atoms with E-state index in [0.29, 0.717) is 17.7 Å². The molecule has 0 aliphatic rings. The third-order valence-corrected chi connectivity index (χ3v) is 1.94. The third-order valence-electron chi connectivity index (χ3n) is 1.94. The Kier molecular flexibility index (Phi) is 3.65. The second kappa shape index (κ2) is 4.61. The first-order chi connectivity index (χ1) is 7.28. The number of rotatable bonds is 3. The van der Waals surface area contributed by atoms with E-state index < -0.39 is 5.82 Å². The normalized spacial score (nSPS) is 11.5. The van der Waals surface area contributed by atoms with E-state index in [1.807, 2.05) is 20.8 Å². The minimum Gasteiger partial charge on any atom is -0.384 e. The van der Waals surface area contributed by atoms with Crippen LogP contribution in [0.15, 0.2) is 18.2 Å². The molecule has 0 radical (unpaired) electrons. The van der Waals surface area contributed by atoms with Crippen molar-refractivity contribution in [2.24, 2.45) is 5.73 Å².